The summed E-state index contributed by atoms with van der Waals surface area (Å²) in [7, 11) is 0. The number of hydrogen-bond acceptors (Lipinski definition) is 8. The average molecular weight is 358 g/mol. The van der Waals surface area contributed by atoms with Crippen LogP contribution in [0.5, 0.6) is 0 Å². The van der Waals surface area contributed by atoms with Crippen molar-refractivity contribution < 1.29 is 38.8 Å². The molecule has 0 heterocycles. The van der Waals surface area contributed by atoms with Crippen LogP contribution in [0.4, 0.5) is 0 Å². The highest BCUT2D eigenvalue weighted by Crippen LogP contribution is 1.95. The van der Waals surface area contributed by atoms with E-state index in [1.54, 1.807) is 13.8 Å². The molecule has 0 radical (unpaired) electrons. The molecule has 8 nitrogen and oxygen atoms in total. The van der Waals surface area contributed by atoms with Gasteiger partial charge in [0.05, 0.1) is 6.61 Å². The first-order valence-corrected chi connectivity index (χ1v) is 7.29. The zero-order valence-electron chi connectivity index (χ0n) is 14.9. The lowest BCUT2D eigenvalue weighted by atomic mass is 10.3. The molecule has 0 aromatic heterocycles. The fourth-order valence-corrected chi connectivity index (χ4v) is 0.863. The van der Waals surface area contributed by atoms with Crippen molar-refractivity contribution in [1.82, 2.24) is 0 Å². The molecular weight excluding hydrogens is 332 g/mol. The van der Waals surface area contributed by atoms with E-state index >= 15 is 0 Å². The first-order chi connectivity index (χ1) is 11.5. The third kappa shape index (κ3) is 14.9. The van der Waals surface area contributed by atoms with Crippen LogP contribution in [0, 0.1) is 0 Å². The van der Waals surface area contributed by atoms with Crippen molar-refractivity contribution in [3.05, 3.63) is 36.5 Å². The predicted octanol–water partition coefficient (Wildman–Crippen LogP) is 0.684. The zero-order valence-corrected chi connectivity index (χ0v) is 14.9. The van der Waals surface area contributed by atoms with Crippen LogP contribution in [0.2, 0.25) is 0 Å². The molecule has 142 valence electrons. The van der Waals surface area contributed by atoms with Gasteiger partial charge in [0.15, 0.2) is 0 Å². The van der Waals surface area contributed by atoms with Crippen LogP contribution >= 0.6 is 0 Å². The highest BCUT2D eigenvalue weighted by Gasteiger charge is 2.07. The van der Waals surface area contributed by atoms with E-state index < -0.39 is 30.6 Å². The molecule has 0 spiro atoms. The third-order valence-electron chi connectivity index (χ3n) is 2.21. The third-order valence-corrected chi connectivity index (χ3v) is 2.21. The maximum atomic E-state index is 10.8. The Morgan fingerprint density at radius 3 is 1.40 bits per heavy atom. The molecule has 0 aliphatic heterocycles. The van der Waals surface area contributed by atoms with Crippen molar-refractivity contribution in [2.45, 2.75) is 26.9 Å². The van der Waals surface area contributed by atoms with Gasteiger partial charge >= 0.3 is 17.9 Å². The van der Waals surface area contributed by atoms with Crippen LogP contribution in [0.15, 0.2) is 36.5 Å². The van der Waals surface area contributed by atoms with E-state index in [0.29, 0.717) is 11.1 Å². The summed E-state index contributed by atoms with van der Waals surface area (Å²) in [6, 6.07) is 0. The van der Waals surface area contributed by atoms with Gasteiger partial charge in [-0.3, -0.25) is 0 Å². The second kappa shape index (κ2) is 13.9. The molecule has 1 unspecified atom stereocenters. The van der Waals surface area contributed by atoms with Gasteiger partial charge in [-0.05, 0) is 20.8 Å². The van der Waals surface area contributed by atoms with E-state index in [1.165, 1.54) is 6.92 Å². The zero-order chi connectivity index (χ0) is 20.0. The summed E-state index contributed by atoms with van der Waals surface area (Å²) in [5.41, 5.74) is 0.905. The van der Waals surface area contributed by atoms with E-state index in [-0.39, 0.29) is 25.4 Å². The lowest BCUT2D eigenvalue weighted by molar-refractivity contribution is -0.147. The van der Waals surface area contributed by atoms with Crippen molar-refractivity contribution >= 4 is 17.9 Å². The monoisotopic (exact) mass is 358 g/mol. The number of aliphatic hydroxyl groups is 2. The highest BCUT2D eigenvalue weighted by atomic mass is 16.6. The van der Waals surface area contributed by atoms with Gasteiger partial charge < -0.3 is 24.4 Å². The van der Waals surface area contributed by atoms with E-state index in [4.69, 9.17) is 10.2 Å². The van der Waals surface area contributed by atoms with Gasteiger partial charge in [-0.2, -0.15) is 0 Å². The Kier molecular flexibility index (Phi) is 13.8. The summed E-state index contributed by atoms with van der Waals surface area (Å²) in [6.45, 7) is 14.2. The van der Waals surface area contributed by atoms with Crippen molar-refractivity contribution in [3.63, 3.8) is 0 Å². The molecule has 0 aliphatic carbocycles. The number of aliphatic hydroxyl groups excluding tert-OH is 2. The molecule has 0 amide bonds. The van der Waals surface area contributed by atoms with Gasteiger partial charge in [-0.1, -0.05) is 19.7 Å². The molecule has 1 atom stereocenters. The van der Waals surface area contributed by atoms with Crippen LogP contribution < -0.4 is 0 Å². The summed E-state index contributed by atoms with van der Waals surface area (Å²) in [5.74, 6) is -1.54. The van der Waals surface area contributed by atoms with E-state index in [9.17, 15) is 14.4 Å². The number of ether oxygens (including phenoxy) is 3. The molecule has 0 saturated heterocycles. The maximum Gasteiger partial charge on any atom is 0.333 e. The molecule has 0 saturated carbocycles. The standard InChI is InChI=1S/C10H14O4.C7H12O4/c1-7(2)9(11)13-5-6-14-10(12)8(3)4;1-5(2)7(10)11-4-6(9)3-8/h1,3,5-6H2,2,4H3;6,8-9H,1,3-4H2,2H3. The number of carbonyl (C=O) groups excluding carboxylic acids is 3. The molecule has 2 N–H and O–H groups in total. The minimum absolute atomic E-state index is 0.0325. The average Bonchev–Trinajstić information content (AvgIpc) is 2.55. The Labute approximate surface area is 147 Å². The number of rotatable bonds is 9. The topological polar surface area (TPSA) is 119 Å². The number of hydrogen-bond donors (Lipinski definition) is 2. The van der Waals surface area contributed by atoms with E-state index in [2.05, 4.69) is 33.9 Å². The Morgan fingerprint density at radius 2 is 1.12 bits per heavy atom. The Balaban J connectivity index is 0. The largest absolute Gasteiger partial charge is 0.460 e. The van der Waals surface area contributed by atoms with Gasteiger partial charge in [-0.25, -0.2) is 14.4 Å². The molecule has 0 rings (SSSR count). The Bertz CT molecular complexity index is 479. The summed E-state index contributed by atoms with van der Waals surface area (Å²) in [5, 5.41) is 17.1. The normalized spacial score (nSPS) is 10.4. The molecule has 0 aromatic rings. The van der Waals surface area contributed by atoms with Crippen LogP contribution in [-0.2, 0) is 28.6 Å². The maximum absolute atomic E-state index is 10.8. The van der Waals surface area contributed by atoms with Crippen molar-refractivity contribution in [2.24, 2.45) is 0 Å². The van der Waals surface area contributed by atoms with Gasteiger partial charge in [-0.15, -0.1) is 0 Å². The number of esters is 3. The van der Waals surface area contributed by atoms with Crippen molar-refractivity contribution in [2.75, 3.05) is 26.4 Å². The molecule has 8 heteroatoms. The first kappa shape index (κ1) is 24.8. The van der Waals surface area contributed by atoms with Gasteiger partial charge in [0.25, 0.3) is 0 Å². The summed E-state index contributed by atoms with van der Waals surface area (Å²) in [6.07, 6.45) is -1.00. The van der Waals surface area contributed by atoms with Crippen LogP contribution in [0.3, 0.4) is 0 Å². The second-order valence-corrected chi connectivity index (χ2v) is 5.05. The highest BCUT2D eigenvalue weighted by molar-refractivity contribution is 5.87. The van der Waals surface area contributed by atoms with E-state index in [0.717, 1.165) is 0 Å². The van der Waals surface area contributed by atoms with E-state index in [1.807, 2.05) is 0 Å². The lowest BCUT2D eigenvalue weighted by Gasteiger charge is -2.07. The molecular formula is C17H26O8. The summed E-state index contributed by atoms with van der Waals surface area (Å²) in [4.78, 5) is 32.3. The molecule has 0 fully saturated rings. The van der Waals surface area contributed by atoms with Gasteiger partial charge in [0.2, 0.25) is 0 Å². The smallest absolute Gasteiger partial charge is 0.333 e. The van der Waals surface area contributed by atoms with Gasteiger partial charge in [0, 0.05) is 16.7 Å². The second-order valence-electron chi connectivity index (χ2n) is 5.05. The predicted molar refractivity (Wildman–Crippen MR) is 90.4 cm³/mol. The van der Waals surface area contributed by atoms with Crippen LogP contribution in [-0.4, -0.2) is 60.7 Å². The first-order valence-electron chi connectivity index (χ1n) is 7.29. The van der Waals surface area contributed by atoms with Crippen molar-refractivity contribution in [1.29, 1.82) is 0 Å². The SMILES string of the molecule is C=C(C)C(=O)OCC(O)CO.C=C(C)C(=O)OCCOC(=O)C(=C)C. The summed E-state index contributed by atoms with van der Waals surface area (Å²) < 4.78 is 13.9. The fraction of sp³-hybridized carbons (Fsp3) is 0.471. The molecule has 0 aliphatic rings. The minimum atomic E-state index is -1.00. The molecule has 0 aromatic carbocycles. The lowest BCUT2D eigenvalue weighted by Crippen LogP contribution is -2.22. The fourth-order valence-electron chi connectivity index (χ4n) is 0.863. The number of carbonyl (C=O) groups is 3. The quantitative estimate of drug-likeness (QED) is 0.267. The Hall–Kier alpha value is -2.45. The van der Waals surface area contributed by atoms with Gasteiger partial charge in [0.1, 0.15) is 25.9 Å². The minimum Gasteiger partial charge on any atom is -0.460 e. The Morgan fingerprint density at radius 1 is 0.800 bits per heavy atom. The van der Waals surface area contributed by atoms with Crippen molar-refractivity contribution in [3.8, 4) is 0 Å². The van der Waals surface area contributed by atoms with Crippen LogP contribution in [0.1, 0.15) is 20.8 Å². The van der Waals surface area contributed by atoms with Crippen LogP contribution in [0.25, 0.3) is 0 Å². The molecule has 0 bridgehead atoms. The molecule has 25 heavy (non-hydrogen) atoms. The summed E-state index contributed by atoms with van der Waals surface area (Å²) >= 11 is 0.